The van der Waals surface area contributed by atoms with Crippen molar-refractivity contribution in [2.75, 3.05) is 19.8 Å². The van der Waals surface area contributed by atoms with Gasteiger partial charge in [-0.15, -0.1) is 13.2 Å². The number of hydrogen-bond donors (Lipinski definition) is 1. The van der Waals surface area contributed by atoms with Crippen molar-refractivity contribution >= 4 is 5.84 Å². The highest BCUT2D eigenvalue weighted by molar-refractivity contribution is 6.00. The molecule has 4 heteroatoms. The lowest BCUT2D eigenvalue weighted by atomic mass is 9.99. The first-order valence-electron chi connectivity index (χ1n) is 8.05. The number of aliphatic imine (C=N–C) groups is 1. The molecule has 0 saturated carbocycles. The molecule has 4 nitrogen and oxygen atoms in total. The van der Waals surface area contributed by atoms with Gasteiger partial charge in [0.1, 0.15) is 6.17 Å². The first-order chi connectivity index (χ1) is 11.2. The van der Waals surface area contributed by atoms with E-state index in [0.29, 0.717) is 5.92 Å². The van der Waals surface area contributed by atoms with Crippen LogP contribution in [-0.4, -0.2) is 41.6 Å². The van der Waals surface area contributed by atoms with E-state index >= 15 is 0 Å². The van der Waals surface area contributed by atoms with Crippen LogP contribution in [0.2, 0.25) is 0 Å². The van der Waals surface area contributed by atoms with Gasteiger partial charge in [0.25, 0.3) is 0 Å². The molecule has 1 N–H and O–H groups in total. The number of benzene rings is 1. The molecule has 23 heavy (non-hydrogen) atoms. The van der Waals surface area contributed by atoms with Crippen molar-refractivity contribution in [3.63, 3.8) is 0 Å². The zero-order valence-corrected chi connectivity index (χ0v) is 13.7. The third-order valence-corrected chi connectivity index (χ3v) is 4.28. The van der Waals surface area contributed by atoms with E-state index in [1.54, 1.807) is 0 Å². The Kier molecular flexibility index (Phi) is 4.51. The summed E-state index contributed by atoms with van der Waals surface area (Å²) >= 11 is 0. The summed E-state index contributed by atoms with van der Waals surface area (Å²) in [5.41, 5.74) is 2.39. The van der Waals surface area contributed by atoms with Crippen molar-refractivity contribution in [3.8, 4) is 0 Å². The summed E-state index contributed by atoms with van der Waals surface area (Å²) in [5.74, 6) is 1.35. The van der Waals surface area contributed by atoms with E-state index in [0.717, 1.165) is 31.3 Å². The zero-order chi connectivity index (χ0) is 16.2. The molecule has 0 aliphatic carbocycles. The summed E-state index contributed by atoms with van der Waals surface area (Å²) in [6.07, 6.45) is 6.06. The molecule has 3 rings (SSSR count). The van der Waals surface area contributed by atoms with Crippen LogP contribution in [0.4, 0.5) is 0 Å². The van der Waals surface area contributed by atoms with Crippen molar-refractivity contribution in [2.45, 2.75) is 19.0 Å². The van der Waals surface area contributed by atoms with Crippen LogP contribution in [-0.2, 0) is 0 Å². The van der Waals surface area contributed by atoms with Gasteiger partial charge in [0, 0.05) is 25.2 Å². The van der Waals surface area contributed by atoms with Gasteiger partial charge in [-0.25, -0.2) is 4.99 Å². The van der Waals surface area contributed by atoms with E-state index in [9.17, 15) is 0 Å². The first kappa shape index (κ1) is 15.4. The number of fused-ring (bicyclic) bond motifs is 1. The Labute approximate surface area is 138 Å². The van der Waals surface area contributed by atoms with Crippen LogP contribution in [0, 0.1) is 0 Å². The van der Waals surface area contributed by atoms with Gasteiger partial charge in [-0.3, -0.25) is 0 Å². The Morgan fingerprint density at radius 1 is 1.26 bits per heavy atom. The molecule has 2 aliphatic heterocycles. The van der Waals surface area contributed by atoms with Gasteiger partial charge in [0.15, 0.2) is 5.84 Å². The van der Waals surface area contributed by atoms with Gasteiger partial charge in [0.2, 0.25) is 0 Å². The second-order valence-corrected chi connectivity index (χ2v) is 6.00. The Morgan fingerprint density at radius 2 is 2.00 bits per heavy atom. The van der Waals surface area contributed by atoms with Crippen molar-refractivity contribution in [1.82, 2.24) is 15.1 Å². The maximum absolute atomic E-state index is 4.94. The van der Waals surface area contributed by atoms with Gasteiger partial charge in [0.05, 0.1) is 12.4 Å². The Bertz CT molecular complexity index is 632. The lowest BCUT2D eigenvalue weighted by molar-refractivity contribution is 0.266. The predicted molar refractivity (Wildman–Crippen MR) is 96.0 cm³/mol. The van der Waals surface area contributed by atoms with Crippen LogP contribution in [0.15, 0.2) is 72.5 Å². The molecule has 0 spiro atoms. The van der Waals surface area contributed by atoms with Gasteiger partial charge >= 0.3 is 0 Å². The molecule has 0 saturated heterocycles. The number of nitrogens with one attached hydrogen (secondary N) is 1. The molecule has 2 heterocycles. The highest BCUT2D eigenvalue weighted by Crippen LogP contribution is 2.27. The summed E-state index contributed by atoms with van der Waals surface area (Å²) in [6.45, 7) is 12.3. The van der Waals surface area contributed by atoms with Crippen LogP contribution in [0.25, 0.3) is 0 Å². The fourth-order valence-corrected chi connectivity index (χ4v) is 3.07. The topological polar surface area (TPSA) is 30.9 Å². The molecule has 1 aromatic rings. The molecule has 0 fully saturated rings. The molecule has 0 amide bonds. The van der Waals surface area contributed by atoms with Crippen molar-refractivity contribution < 1.29 is 0 Å². The normalized spacial score (nSPS) is 21.0. The molecule has 120 valence electrons. The average molecular weight is 308 g/mol. The lowest BCUT2D eigenvalue weighted by Gasteiger charge is -2.34. The van der Waals surface area contributed by atoms with Gasteiger partial charge in [-0.05, 0) is 5.56 Å². The van der Waals surface area contributed by atoms with Crippen molar-refractivity contribution in [2.24, 2.45) is 4.99 Å². The smallest absolute Gasteiger partial charge is 0.152 e. The fourth-order valence-electron chi connectivity index (χ4n) is 3.07. The largest absolute Gasteiger partial charge is 0.359 e. The summed E-state index contributed by atoms with van der Waals surface area (Å²) in [6, 6.07) is 10.5. The third kappa shape index (κ3) is 3.16. The second kappa shape index (κ2) is 6.73. The fraction of sp³-hybridized carbons (Fsp3) is 0.316. The van der Waals surface area contributed by atoms with Crippen LogP contribution in [0.3, 0.4) is 0 Å². The molecule has 2 atom stereocenters. The Morgan fingerprint density at radius 3 is 2.70 bits per heavy atom. The summed E-state index contributed by atoms with van der Waals surface area (Å²) in [4.78, 5) is 9.42. The minimum absolute atomic E-state index is 0.0645. The molecule has 0 bridgehead atoms. The van der Waals surface area contributed by atoms with E-state index < -0.39 is 0 Å². The predicted octanol–water partition coefficient (Wildman–Crippen LogP) is 2.91. The minimum atomic E-state index is 0.0645. The van der Waals surface area contributed by atoms with Gasteiger partial charge < -0.3 is 15.1 Å². The number of rotatable bonds is 6. The summed E-state index contributed by atoms with van der Waals surface area (Å²) in [5, 5.41) is 3.57. The Balaban J connectivity index is 1.84. The highest BCUT2D eigenvalue weighted by atomic mass is 15.4. The molecule has 2 aliphatic rings. The SMILES string of the molecule is C=CCN1C=C2NC(C(C)c3ccccc3)N=C2N(CC=C)C1. The maximum atomic E-state index is 4.94. The highest BCUT2D eigenvalue weighted by Gasteiger charge is 2.32. The Hall–Kier alpha value is -2.49. The van der Waals surface area contributed by atoms with Gasteiger partial charge in [-0.1, -0.05) is 49.4 Å². The van der Waals surface area contributed by atoms with E-state index in [-0.39, 0.29) is 6.17 Å². The van der Waals surface area contributed by atoms with Gasteiger partial charge in [-0.2, -0.15) is 0 Å². The van der Waals surface area contributed by atoms with Crippen molar-refractivity contribution in [3.05, 3.63) is 73.1 Å². The van der Waals surface area contributed by atoms with Crippen LogP contribution < -0.4 is 5.32 Å². The van der Waals surface area contributed by atoms with E-state index in [4.69, 9.17) is 4.99 Å². The zero-order valence-electron chi connectivity index (χ0n) is 13.7. The molecule has 1 aromatic carbocycles. The van der Waals surface area contributed by atoms with E-state index in [1.807, 2.05) is 18.2 Å². The van der Waals surface area contributed by atoms with E-state index in [1.165, 1.54) is 5.56 Å². The van der Waals surface area contributed by atoms with Crippen LogP contribution in [0.5, 0.6) is 0 Å². The first-order valence-corrected chi connectivity index (χ1v) is 8.05. The summed E-state index contributed by atoms with van der Waals surface area (Å²) in [7, 11) is 0. The molecule has 2 unspecified atom stereocenters. The van der Waals surface area contributed by atoms with Crippen LogP contribution in [0.1, 0.15) is 18.4 Å². The quantitative estimate of drug-likeness (QED) is 0.820. The molecular formula is C19H24N4. The molecule has 0 radical (unpaired) electrons. The maximum Gasteiger partial charge on any atom is 0.152 e. The second-order valence-electron chi connectivity index (χ2n) is 6.00. The minimum Gasteiger partial charge on any atom is -0.359 e. The molecular weight excluding hydrogens is 284 g/mol. The number of amidine groups is 1. The number of nitrogens with zero attached hydrogens (tertiary/aromatic N) is 3. The third-order valence-electron chi connectivity index (χ3n) is 4.28. The number of hydrogen-bond acceptors (Lipinski definition) is 4. The van der Waals surface area contributed by atoms with Crippen LogP contribution >= 0.6 is 0 Å². The van der Waals surface area contributed by atoms with Crippen molar-refractivity contribution in [1.29, 1.82) is 0 Å². The average Bonchev–Trinajstić information content (AvgIpc) is 3.00. The lowest BCUT2D eigenvalue weighted by Crippen LogP contribution is -2.45. The molecule has 0 aromatic heterocycles. The van der Waals surface area contributed by atoms with E-state index in [2.05, 4.69) is 65.7 Å². The monoisotopic (exact) mass is 308 g/mol. The standard InChI is InChI=1S/C19H24N4/c1-4-11-22-13-17-19(23(14-22)12-5-2)21-18(20-17)15(3)16-9-7-6-8-10-16/h4-10,13,15,18,20H,1-2,11-12,14H2,3H3. The summed E-state index contributed by atoms with van der Waals surface area (Å²) < 4.78 is 0.